The fourth-order valence-corrected chi connectivity index (χ4v) is 4.02. The van der Waals surface area contributed by atoms with Gasteiger partial charge in [0.15, 0.2) is 9.84 Å². The first-order valence-corrected chi connectivity index (χ1v) is 10.1. The fraction of sp³-hybridized carbons (Fsp3) is 0.375. The van der Waals surface area contributed by atoms with Crippen molar-refractivity contribution in [3.8, 4) is 0 Å². The van der Waals surface area contributed by atoms with Crippen molar-refractivity contribution in [3.63, 3.8) is 0 Å². The third-order valence-electron chi connectivity index (χ3n) is 3.51. The standard InChI is InChI=1S/C16H20BrN3O3S/c1-13(12-24(22,23)15-6-4-14(17)5-7-15)16(21)18-8-2-10-20-11-3-9-19-20/h3-7,9,11,13H,2,8,10,12H2,1H3,(H,18,21)/t13-/m0/s1. The van der Waals surface area contributed by atoms with E-state index in [1.54, 1.807) is 29.9 Å². The van der Waals surface area contributed by atoms with Crippen molar-refractivity contribution in [1.82, 2.24) is 15.1 Å². The average Bonchev–Trinajstić information content (AvgIpc) is 3.04. The summed E-state index contributed by atoms with van der Waals surface area (Å²) in [6, 6.07) is 8.26. The van der Waals surface area contributed by atoms with Crippen LogP contribution >= 0.6 is 15.9 Å². The van der Waals surface area contributed by atoms with E-state index in [0.717, 1.165) is 10.9 Å². The molecular formula is C16H20BrN3O3S. The molecule has 0 saturated heterocycles. The Hall–Kier alpha value is -1.67. The highest BCUT2D eigenvalue weighted by Crippen LogP contribution is 2.17. The Bertz CT molecular complexity index is 758. The predicted octanol–water partition coefficient (Wildman–Crippen LogP) is 2.26. The molecule has 1 amide bonds. The molecule has 1 atom stereocenters. The number of hydrogen-bond donors (Lipinski definition) is 1. The Morgan fingerprint density at radius 2 is 2.04 bits per heavy atom. The summed E-state index contributed by atoms with van der Waals surface area (Å²) in [6.07, 6.45) is 4.29. The Morgan fingerprint density at radius 3 is 2.67 bits per heavy atom. The van der Waals surface area contributed by atoms with Crippen molar-refractivity contribution < 1.29 is 13.2 Å². The summed E-state index contributed by atoms with van der Waals surface area (Å²) in [6.45, 7) is 2.82. The van der Waals surface area contributed by atoms with Gasteiger partial charge in [-0.05, 0) is 36.8 Å². The monoisotopic (exact) mass is 413 g/mol. The van der Waals surface area contributed by atoms with Crippen molar-refractivity contribution in [3.05, 3.63) is 47.2 Å². The molecule has 130 valence electrons. The Morgan fingerprint density at radius 1 is 1.33 bits per heavy atom. The first-order chi connectivity index (χ1) is 11.4. The van der Waals surface area contributed by atoms with Gasteiger partial charge in [0.25, 0.3) is 0 Å². The zero-order chi connectivity index (χ0) is 17.6. The second kappa shape index (κ2) is 8.43. The van der Waals surface area contributed by atoms with Crippen LogP contribution in [0.5, 0.6) is 0 Å². The van der Waals surface area contributed by atoms with Crippen molar-refractivity contribution in [1.29, 1.82) is 0 Å². The van der Waals surface area contributed by atoms with Gasteiger partial charge in [0, 0.05) is 35.9 Å². The summed E-state index contributed by atoms with van der Waals surface area (Å²) >= 11 is 3.27. The summed E-state index contributed by atoms with van der Waals surface area (Å²) < 4.78 is 27.3. The SMILES string of the molecule is C[C@@H](CS(=O)(=O)c1ccc(Br)cc1)C(=O)NCCCn1cccn1. The highest BCUT2D eigenvalue weighted by atomic mass is 79.9. The molecule has 1 heterocycles. The quantitative estimate of drug-likeness (QED) is 0.672. The molecule has 1 aromatic carbocycles. The number of halogens is 1. The van der Waals surface area contributed by atoms with Crippen LogP contribution in [-0.4, -0.2) is 36.4 Å². The lowest BCUT2D eigenvalue weighted by Crippen LogP contribution is -2.34. The smallest absolute Gasteiger partial charge is 0.223 e. The largest absolute Gasteiger partial charge is 0.356 e. The Kier molecular flexibility index (Phi) is 6.56. The maximum Gasteiger partial charge on any atom is 0.223 e. The minimum absolute atomic E-state index is 0.209. The lowest BCUT2D eigenvalue weighted by molar-refractivity contribution is -0.123. The minimum Gasteiger partial charge on any atom is -0.356 e. The van der Waals surface area contributed by atoms with Crippen LogP contribution in [-0.2, 0) is 21.2 Å². The van der Waals surface area contributed by atoms with Gasteiger partial charge in [0.1, 0.15) is 0 Å². The van der Waals surface area contributed by atoms with E-state index in [0.29, 0.717) is 13.1 Å². The molecular weight excluding hydrogens is 394 g/mol. The maximum absolute atomic E-state index is 12.3. The van der Waals surface area contributed by atoms with Crippen molar-refractivity contribution in [2.24, 2.45) is 5.92 Å². The first-order valence-electron chi connectivity index (χ1n) is 7.62. The number of aromatic nitrogens is 2. The third kappa shape index (κ3) is 5.45. The average molecular weight is 414 g/mol. The van der Waals surface area contributed by atoms with E-state index < -0.39 is 15.8 Å². The molecule has 24 heavy (non-hydrogen) atoms. The molecule has 0 spiro atoms. The van der Waals surface area contributed by atoms with Crippen LogP contribution in [0.4, 0.5) is 0 Å². The molecule has 0 unspecified atom stereocenters. The number of hydrogen-bond acceptors (Lipinski definition) is 4. The number of amides is 1. The van der Waals surface area contributed by atoms with E-state index in [1.807, 2.05) is 12.3 Å². The molecule has 2 rings (SSSR count). The summed E-state index contributed by atoms with van der Waals surface area (Å²) in [5.74, 6) is -1.07. The van der Waals surface area contributed by atoms with Crippen molar-refractivity contribution in [2.45, 2.75) is 24.8 Å². The molecule has 6 nitrogen and oxygen atoms in total. The predicted molar refractivity (Wildman–Crippen MR) is 95.2 cm³/mol. The van der Waals surface area contributed by atoms with Gasteiger partial charge < -0.3 is 5.32 Å². The number of benzene rings is 1. The first kappa shape index (κ1) is 18.7. The minimum atomic E-state index is -3.48. The van der Waals surface area contributed by atoms with Gasteiger partial charge in [0.05, 0.1) is 10.6 Å². The summed E-state index contributed by atoms with van der Waals surface area (Å²) in [5.41, 5.74) is 0. The molecule has 0 radical (unpaired) electrons. The van der Waals surface area contributed by atoms with Gasteiger partial charge in [-0.3, -0.25) is 9.48 Å². The molecule has 0 fully saturated rings. The van der Waals surface area contributed by atoms with Crippen molar-refractivity contribution in [2.75, 3.05) is 12.3 Å². The third-order valence-corrected chi connectivity index (χ3v) is 5.97. The molecule has 1 N–H and O–H groups in total. The van der Waals surface area contributed by atoms with E-state index >= 15 is 0 Å². The van der Waals surface area contributed by atoms with E-state index in [4.69, 9.17) is 0 Å². The zero-order valence-corrected chi connectivity index (χ0v) is 15.8. The number of rotatable bonds is 8. The molecule has 1 aromatic heterocycles. The van der Waals surface area contributed by atoms with E-state index in [9.17, 15) is 13.2 Å². The lowest BCUT2D eigenvalue weighted by atomic mass is 10.2. The topological polar surface area (TPSA) is 81.1 Å². The number of carbonyl (C=O) groups excluding carboxylic acids is 1. The summed E-state index contributed by atoms with van der Waals surface area (Å²) in [5, 5.41) is 6.85. The van der Waals surface area contributed by atoms with Crippen LogP contribution in [0, 0.1) is 5.92 Å². The van der Waals surface area contributed by atoms with Crippen LogP contribution in [0.1, 0.15) is 13.3 Å². The van der Waals surface area contributed by atoms with Gasteiger partial charge in [0.2, 0.25) is 5.91 Å². The Balaban J connectivity index is 1.80. The van der Waals surface area contributed by atoms with Gasteiger partial charge in [-0.15, -0.1) is 0 Å². The van der Waals surface area contributed by atoms with Crippen LogP contribution in [0.15, 0.2) is 52.1 Å². The highest BCUT2D eigenvalue weighted by molar-refractivity contribution is 9.10. The van der Waals surface area contributed by atoms with Crippen LogP contribution in [0.2, 0.25) is 0 Å². The fourth-order valence-electron chi connectivity index (χ4n) is 2.20. The van der Waals surface area contributed by atoms with Gasteiger partial charge in [-0.1, -0.05) is 22.9 Å². The number of carbonyl (C=O) groups is 1. The lowest BCUT2D eigenvalue weighted by Gasteiger charge is -2.13. The molecule has 0 saturated carbocycles. The van der Waals surface area contributed by atoms with Crippen LogP contribution < -0.4 is 5.32 Å². The van der Waals surface area contributed by atoms with E-state index in [1.165, 1.54) is 12.1 Å². The molecule has 8 heteroatoms. The zero-order valence-electron chi connectivity index (χ0n) is 13.4. The molecule has 0 bridgehead atoms. The number of sulfone groups is 1. The Labute approximate surface area is 150 Å². The van der Waals surface area contributed by atoms with Gasteiger partial charge in [-0.2, -0.15) is 5.10 Å². The molecule has 2 aromatic rings. The second-order valence-electron chi connectivity index (χ2n) is 5.55. The summed E-state index contributed by atoms with van der Waals surface area (Å²) in [4.78, 5) is 12.3. The second-order valence-corrected chi connectivity index (χ2v) is 8.50. The molecule has 0 aliphatic carbocycles. The highest BCUT2D eigenvalue weighted by Gasteiger charge is 2.23. The van der Waals surface area contributed by atoms with E-state index in [-0.39, 0.29) is 16.6 Å². The number of nitrogens with one attached hydrogen (secondary N) is 1. The van der Waals surface area contributed by atoms with E-state index in [2.05, 4.69) is 26.3 Å². The molecule has 0 aliphatic rings. The normalized spacial score (nSPS) is 12.8. The van der Waals surface area contributed by atoms with Gasteiger partial charge in [-0.25, -0.2) is 8.42 Å². The number of nitrogens with zero attached hydrogens (tertiary/aromatic N) is 2. The maximum atomic E-state index is 12.3. The molecule has 0 aliphatic heterocycles. The van der Waals surface area contributed by atoms with Crippen LogP contribution in [0.3, 0.4) is 0 Å². The summed E-state index contributed by atoms with van der Waals surface area (Å²) in [7, 11) is -3.48. The number of aryl methyl sites for hydroxylation is 1. The van der Waals surface area contributed by atoms with Crippen LogP contribution in [0.25, 0.3) is 0 Å². The van der Waals surface area contributed by atoms with Crippen molar-refractivity contribution >= 4 is 31.7 Å². The van der Waals surface area contributed by atoms with Gasteiger partial charge >= 0.3 is 0 Å².